The van der Waals surface area contributed by atoms with E-state index in [0.29, 0.717) is 13.2 Å². The molecule has 0 aromatic rings. The molecule has 0 rings (SSSR count). The summed E-state index contributed by atoms with van der Waals surface area (Å²) in [7, 11) is 0. The number of nitrogens with zero attached hydrogens (tertiary/aromatic N) is 3. The topological polar surface area (TPSA) is 75.1 Å². The molecule has 0 heterocycles. The molecule has 0 saturated heterocycles. The predicted octanol–water partition coefficient (Wildman–Crippen LogP) is 2.03. The highest BCUT2D eigenvalue weighted by molar-refractivity contribution is 5.65. The maximum atomic E-state index is 10.3. The lowest BCUT2D eigenvalue weighted by atomic mass is 10.2. The Morgan fingerprint density at radius 2 is 2.25 bits per heavy atom. The molecule has 0 saturated carbocycles. The minimum atomic E-state index is -0.245. The van der Waals surface area contributed by atoms with Crippen LogP contribution in [0.2, 0.25) is 0 Å². The second-order valence-corrected chi connectivity index (χ2v) is 2.36. The van der Waals surface area contributed by atoms with Crippen molar-refractivity contribution in [3.05, 3.63) is 10.4 Å². The number of esters is 1. The predicted molar refractivity (Wildman–Crippen MR) is 44.5 cm³/mol. The molecule has 5 heteroatoms. The molecule has 0 aromatic carbocycles. The highest BCUT2D eigenvalue weighted by Crippen LogP contribution is 1.96. The fraction of sp³-hybridized carbons (Fsp3) is 0.857. The Morgan fingerprint density at radius 3 is 2.83 bits per heavy atom. The first-order valence-electron chi connectivity index (χ1n) is 3.91. The largest absolute Gasteiger partial charge is 0.466 e. The lowest BCUT2D eigenvalue weighted by Crippen LogP contribution is -2.00. The molecule has 0 aliphatic heterocycles. The third kappa shape index (κ3) is 8.78. The smallest absolute Gasteiger partial charge is 0.302 e. The van der Waals surface area contributed by atoms with Gasteiger partial charge in [-0.15, -0.1) is 0 Å². The number of rotatable bonds is 6. The van der Waals surface area contributed by atoms with E-state index < -0.39 is 0 Å². The van der Waals surface area contributed by atoms with E-state index in [1.54, 1.807) is 0 Å². The number of hydrogen-bond donors (Lipinski definition) is 0. The Hall–Kier alpha value is -1.22. The monoisotopic (exact) mass is 171 g/mol. The third-order valence-electron chi connectivity index (χ3n) is 1.27. The fourth-order valence-corrected chi connectivity index (χ4v) is 0.722. The second-order valence-electron chi connectivity index (χ2n) is 2.36. The fourth-order valence-electron chi connectivity index (χ4n) is 0.722. The minimum Gasteiger partial charge on any atom is -0.466 e. The van der Waals surface area contributed by atoms with Gasteiger partial charge in [-0.25, -0.2) is 0 Å². The van der Waals surface area contributed by atoms with Crippen LogP contribution >= 0.6 is 0 Å². The first-order chi connectivity index (χ1) is 5.77. The van der Waals surface area contributed by atoms with Gasteiger partial charge >= 0.3 is 5.97 Å². The van der Waals surface area contributed by atoms with Crippen LogP contribution in [0.4, 0.5) is 0 Å². The average Bonchev–Trinajstić information content (AvgIpc) is 2.02. The van der Waals surface area contributed by atoms with Crippen molar-refractivity contribution in [3.63, 3.8) is 0 Å². The third-order valence-corrected chi connectivity index (χ3v) is 1.27. The van der Waals surface area contributed by atoms with Crippen LogP contribution in [0.3, 0.4) is 0 Å². The van der Waals surface area contributed by atoms with Gasteiger partial charge in [-0.05, 0) is 24.8 Å². The van der Waals surface area contributed by atoms with Crippen molar-refractivity contribution in [2.45, 2.75) is 26.2 Å². The van der Waals surface area contributed by atoms with Crippen molar-refractivity contribution >= 4 is 5.97 Å². The van der Waals surface area contributed by atoms with Crippen molar-refractivity contribution in [2.75, 3.05) is 13.2 Å². The second kappa shape index (κ2) is 7.88. The molecule has 0 unspecified atom stereocenters. The molecule has 0 spiro atoms. The van der Waals surface area contributed by atoms with Gasteiger partial charge < -0.3 is 4.74 Å². The quantitative estimate of drug-likeness (QED) is 0.201. The van der Waals surface area contributed by atoms with E-state index in [-0.39, 0.29) is 5.97 Å². The molecule has 0 aromatic heterocycles. The summed E-state index contributed by atoms with van der Waals surface area (Å²) >= 11 is 0. The lowest BCUT2D eigenvalue weighted by molar-refractivity contribution is -0.141. The molecule has 0 aliphatic rings. The molecule has 68 valence electrons. The maximum Gasteiger partial charge on any atom is 0.302 e. The van der Waals surface area contributed by atoms with E-state index in [1.807, 2.05) is 0 Å². The van der Waals surface area contributed by atoms with Crippen molar-refractivity contribution in [1.29, 1.82) is 0 Å². The van der Waals surface area contributed by atoms with E-state index in [2.05, 4.69) is 10.0 Å². The molecule has 12 heavy (non-hydrogen) atoms. The molecule has 0 atom stereocenters. The lowest BCUT2D eigenvalue weighted by Gasteiger charge is -1.99. The first kappa shape index (κ1) is 10.8. The summed E-state index contributed by atoms with van der Waals surface area (Å²) in [6.07, 6.45) is 2.61. The Kier molecular flexibility index (Phi) is 7.08. The van der Waals surface area contributed by atoms with Crippen molar-refractivity contribution < 1.29 is 9.53 Å². The summed E-state index contributed by atoms with van der Waals surface area (Å²) in [4.78, 5) is 12.9. The van der Waals surface area contributed by atoms with E-state index in [0.717, 1.165) is 19.3 Å². The summed E-state index contributed by atoms with van der Waals surface area (Å²) in [6, 6.07) is 0. The van der Waals surface area contributed by atoms with Gasteiger partial charge in [0, 0.05) is 18.4 Å². The van der Waals surface area contributed by atoms with Crippen molar-refractivity contribution in [1.82, 2.24) is 0 Å². The summed E-state index contributed by atoms with van der Waals surface area (Å²) in [5.41, 5.74) is 7.93. The Balaban J connectivity index is 3.00. The van der Waals surface area contributed by atoms with Crippen LogP contribution < -0.4 is 0 Å². The minimum absolute atomic E-state index is 0.245. The summed E-state index contributed by atoms with van der Waals surface area (Å²) in [5.74, 6) is -0.245. The van der Waals surface area contributed by atoms with E-state index in [9.17, 15) is 4.79 Å². The van der Waals surface area contributed by atoms with Crippen LogP contribution in [0.25, 0.3) is 10.4 Å². The zero-order chi connectivity index (χ0) is 9.23. The van der Waals surface area contributed by atoms with Crippen molar-refractivity contribution in [2.24, 2.45) is 5.11 Å². The van der Waals surface area contributed by atoms with Gasteiger partial charge in [0.15, 0.2) is 0 Å². The molecule has 0 fully saturated rings. The molecule has 0 bridgehead atoms. The number of ether oxygens (including phenoxy) is 1. The zero-order valence-corrected chi connectivity index (χ0v) is 7.19. The SMILES string of the molecule is CC(=O)OCCCCCN=[N+]=[N-]. The number of azide groups is 1. The van der Waals surface area contributed by atoms with Crippen LogP contribution in [-0.4, -0.2) is 19.1 Å². The van der Waals surface area contributed by atoms with Gasteiger partial charge in [-0.1, -0.05) is 5.11 Å². The molecule has 5 nitrogen and oxygen atoms in total. The van der Waals surface area contributed by atoms with E-state index in [4.69, 9.17) is 10.3 Å². The Morgan fingerprint density at radius 1 is 1.50 bits per heavy atom. The van der Waals surface area contributed by atoms with Crippen LogP contribution in [0.1, 0.15) is 26.2 Å². The first-order valence-corrected chi connectivity index (χ1v) is 3.91. The summed E-state index contributed by atoms with van der Waals surface area (Å²) < 4.78 is 4.71. The van der Waals surface area contributed by atoms with Crippen LogP contribution in [0.5, 0.6) is 0 Å². The van der Waals surface area contributed by atoms with Gasteiger partial charge in [-0.2, -0.15) is 0 Å². The number of carbonyl (C=O) groups excluding carboxylic acids is 1. The molecule has 0 radical (unpaired) electrons. The van der Waals surface area contributed by atoms with E-state index in [1.165, 1.54) is 6.92 Å². The van der Waals surface area contributed by atoms with Gasteiger partial charge in [0.1, 0.15) is 0 Å². The zero-order valence-electron chi connectivity index (χ0n) is 7.19. The number of carbonyl (C=O) groups is 1. The molecule has 0 aliphatic carbocycles. The summed E-state index contributed by atoms with van der Waals surface area (Å²) in [5, 5.41) is 3.38. The molecule has 0 amide bonds. The highest BCUT2D eigenvalue weighted by Gasteiger charge is 1.91. The molecular formula is C7H13N3O2. The summed E-state index contributed by atoms with van der Waals surface area (Å²) in [6.45, 7) is 2.38. The Bertz CT molecular complexity index is 169. The van der Waals surface area contributed by atoms with Gasteiger partial charge in [0.05, 0.1) is 6.61 Å². The van der Waals surface area contributed by atoms with Crippen LogP contribution in [-0.2, 0) is 9.53 Å². The van der Waals surface area contributed by atoms with Gasteiger partial charge in [0.2, 0.25) is 0 Å². The van der Waals surface area contributed by atoms with Gasteiger partial charge in [0.25, 0.3) is 0 Å². The normalized spacial score (nSPS) is 8.75. The van der Waals surface area contributed by atoms with Crippen LogP contribution in [0, 0.1) is 0 Å². The Labute approximate surface area is 71.3 Å². The highest BCUT2D eigenvalue weighted by atomic mass is 16.5. The van der Waals surface area contributed by atoms with Crippen LogP contribution in [0.15, 0.2) is 5.11 Å². The standard InChI is InChI=1S/C7H13N3O2/c1-7(11)12-6-4-2-3-5-9-10-8/h2-6H2,1H3. The maximum absolute atomic E-state index is 10.3. The average molecular weight is 171 g/mol. The number of unbranched alkanes of at least 4 members (excludes halogenated alkanes) is 2. The molecule has 0 N–H and O–H groups in total. The number of hydrogen-bond acceptors (Lipinski definition) is 3. The van der Waals surface area contributed by atoms with Crippen molar-refractivity contribution in [3.8, 4) is 0 Å². The molecular weight excluding hydrogens is 158 g/mol. The van der Waals surface area contributed by atoms with Gasteiger partial charge in [-0.3, -0.25) is 4.79 Å². The van der Waals surface area contributed by atoms with E-state index >= 15 is 0 Å².